The van der Waals surface area contributed by atoms with Gasteiger partial charge in [0, 0.05) is 18.4 Å². The fourth-order valence-electron chi connectivity index (χ4n) is 2.36. The molecule has 1 aromatic rings. The summed E-state index contributed by atoms with van der Waals surface area (Å²) in [6, 6.07) is 1.93. The molecule has 98 valence electrons. The topological polar surface area (TPSA) is 42.0 Å². The monoisotopic (exact) mass is 266 g/mol. The van der Waals surface area contributed by atoms with Crippen molar-refractivity contribution in [3.05, 3.63) is 29.6 Å². The molecule has 1 aliphatic rings. The Morgan fingerprint density at radius 2 is 2.11 bits per heavy atom. The predicted molar refractivity (Wildman–Crippen MR) is 73.0 cm³/mol. The molecule has 2 rings (SSSR count). The SMILES string of the molecule is Cc1cncc(C(=O)NC2CCCCCC2Cl)c1. The maximum absolute atomic E-state index is 12.1. The number of carbonyl (C=O) groups is 1. The zero-order valence-corrected chi connectivity index (χ0v) is 11.4. The van der Waals surface area contributed by atoms with Crippen molar-refractivity contribution in [2.45, 2.75) is 50.4 Å². The van der Waals surface area contributed by atoms with Crippen molar-refractivity contribution in [1.29, 1.82) is 0 Å². The van der Waals surface area contributed by atoms with Crippen molar-refractivity contribution in [3.8, 4) is 0 Å². The number of aromatic nitrogens is 1. The molecule has 0 radical (unpaired) electrons. The summed E-state index contributed by atoms with van der Waals surface area (Å²) >= 11 is 6.32. The van der Waals surface area contributed by atoms with Crippen LogP contribution in [0.4, 0.5) is 0 Å². The summed E-state index contributed by atoms with van der Waals surface area (Å²) < 4.78 is 0. The van der Waals surface area contributed by atoms with Crippen LogP contribution in [0.1, 0.15) is 48.0 Å². The lowest BCUT2D eigenvalue weighted by Crippen LogP contribution is -2.40. The van der Waals surface area contributed by atoms with Crippen molar-refractivity contribution in [2.75, 3.05) is 0 Å². The third-order valence-electron chi connectivity index (χ3n) is 3.39. The summed E-state index contributed by atoms with van der Waals surface area (Å²) in [5.41, 5.74) is 1.61. The van der Waals surface area contributed by atoms with E-state index in [0.717, 1.165) is 31.2 Å². The first-order valence-electron chi connectivity index (χ1n) is 6.53. The van der Waals surface area contributed by atoms with Gasteiger partial charge < -0.3 is 5.32 Å². The van der Waals surface area contributed by atoms with Crippen LogP contribution in [0.5, 0.6) is 0 Å². The average molecular weight is 267 g/mol. The Bertz CT molecular complexity index is 422. The summed E-state index contributed by atoms with van der Waals surface area (Å²) in [6.07, 6.45) is 8.81. The van der Waals surface area contributed by atoms with Crippen LogP contribution >= 0.6 is 11.6 Å². The molecule has 0 aromatic carbocycles. The van der Waals surface area contributed by atoms with Crippen molar-refractivity contribution in [3.63, 3.8) is 0 Å². The van der Waals surface area contributed by atoms with Crippen LogP contribution in [0.25, 0.3) is 0 Å². The second-order valence-corrected chi connectivity index (χ2v) is 5.55. The van der Waals surface area contributed by atoms with Crippen LogP contribution in [0.3, 0.4) is 0 Å². The second kappa shape index (κ2) is 6.19. The van der Waals surface area contributed by atoms with E-state index in [-0.39, 0.29) is 17.3 Å². The molecule has 3 nitrogen and oxygen atoms in total. The van der Waals surface area contributed by atoms with E-state index in [9.17, 15) is 4.79 Å². The molecule has 0 aliphatic heterocycles. The molecule has 0 bridgehead atoms. The fraction of sp³-hybridized carbons (Fsp3) is 0.571. The molecule has 2 atom stereocenters. The Labute approximate surface area is 113 Å². The molecule has 1 aromatic heterocycles. The maximum Gasteiger partial charge on any atom is 0.253 e. The van der Waals surface area contributed by atoms with E-state index < -0.39 is 0 Å². The number of hydrogen-bond donors (Lipinski definition) is 1. The zero-order chi connectivity index (χ0) is 13.0. The van der Waals surface area contributed by atoms with Gasteiger partial charge in [-0.25, -0.2) is 0 Å². The highest BCUT2D eigenvalue weighted by atomic mass is 35.5. The van der Waals surface area contributed by atoms with Crippen LogP contribution in [0.2, 0.25) is 0 Å². The summed E-state index contributed by atoms with van der Waals surface area (Å²) in [5.74, 6) is -0.0660. The summed E-state index contributed by atoms with van der Waals surface area (Å²) in [5, 5.41) is 3.09. The number of halogens is 1. The molecule has 1 N–H and O–H groups in total. The van der Waals surface area contributed by atoms with E-state index in [1.54, 1.807) is 12.4 Å². The van der Waals surface area contributed by atoms with E-state index in [1.165, 1.54) is 6.42 Å². The molecule has 18 heavy (non-hydrogen) atoms. The van der Waals surface area contributed by atoms with E-state index in [0.29, 0.717) is 5.56 Å². The van der Waals surface area contributed by atoms with Gasteiger partial charge in [0.2, 0.25) is 0 Å². The lowest BCUT2D eigenvalue weighted by Gasteiger charge is -2.21. The molecule has 1 heterocycles. The quantitative estimate of drug-likeness (QED) is 0.660. The zero-order valence-electron chi connectivity index (χ0n) is 10.7. The molecule has 1 amide bonds. The molecule has 1 saturated carbocycles. The Morgan fingerprint density at radius 1 is 1.33 bits per heavy atom. The molecule has 1 aliphatic carbocycles. The molecular weight excluding hydrogens is 248 g/mol. The first-order valence-corrected chi connectivity index (χ1v) is 6.97. The number of carbonyl (C=O) groups excluding carboxylic acids is 1. The Hall–Kier alpha value is -1.09. The third kappa shape index (κ3) is 3.45. The van der Waals surface area contributed by atoms with Crippen LogP contribution in [-0.2, 0) is 0 Å². The normalized spacial score (nSPS) is 24.3. The smallest absolute Gasteiger partial charge is 0.253 e. The lowest BCUT2D eigenvalue weighted by atomic mass is 10.1. The molecule has 1 fully saturated rings. The number of pyridine rings is 1. The maximum atomic E-state index is 12.1. The highest BCUT2D eigenvalue weighted by Crippen LogP contribution is 2.22. The Morgan fingerprint density at radius 3 is 2.89 bits per heavy atom. The molecule has 4 heteroatoms. The van der Waals surface area contributed by atoms with Gasteiger partial charge in [-0.05, 0) is 31.4 Å². The van der Waals surface area contributed by atoms with Gasteiger partial charge >= 0.3 is 0 Å². The van der Waals surface area contributed by atoms with E-state index >= 15 is 0 Å². The average Bonchev–Trinajstić information content (AvgIpc) is 2.55. The van der Waals surface area contributed by atoms with Crippen molar-refractivity contribution in [2.24, 2.45) is 0 Å². The third-order valence-corrected chi connectivity index (χ3v) is 3.91. The summed E-state index contributed by atoms with van der Waals surface area (Å²) in [6.45, 7) is 1.93. The van der Waals surface area contributed by atoms with Gasteiger partial charge in [-0.3, -0.25) is 9.78 Å². The van der Waals surface area contributed by atoms with Gasteiger partial charge in [0.05, 0.1) is 10.9 Å². The number of alkyl halides is 1. The number of rotatable bonds is 2. The van der Waals surface area contributed by atoms with Gasteiger partial charge in [0.1, 0.15) is 0 Å². The molecule has 2 unspecified atom stereocenters. The van der Waals surface area contributed by atoms with Crippen LogP contribution in [0.15, 0.2) is 18.5 Å². The number of nitrogens with zero attached hydrogens (tertiary/aromatic N) is 1. The minimum atomic E-state index is -0.0660. The van der Waals surface area contributed by atoms with E-state index in [2.05, 4.69) is 10.3 Å². The van der Waals surface area contributed by atoms with Crippen LogP contribution in [0, 0.1) is 6.92 Å². The van der Waals surface area contributed by atoms with Gasteiger partial charge in [0.15, 0.2) is 0 Å². The number of aryl methyl sites for hydroxylation is 1. The number of amides is 1. The largest absolute Gasteiger partial charge is 0.348 e. The second-order valence-electron chi connectivity index (χ2n) is 4.98. The van der Waals surface area contributed by atoms with Crippen molar-refractivity contribution >= 4 is 17.5 Å². The fourth-order valence-corrected chi connectivity index (χ4v) is 2.70. The molecule has 0 spiro atoms. The highest BCUT2D eigenvalue weighted by molar-refractivity contribution is 6.21. The van der Waals surface area contributed by atoms with E-state index in [4.69, 9.17) is 11.6 Å². The van der Waals surface area contributed by atoms with Crippen molar-refractivity contribution < 1.29 is 4.79 Å². The van der Waals surface area contributed by atoms with Crippen LogP contribution in [-0.4, -0.2) is 22.3 Å². The Balaban J connectivity index is 2.01. The van der Waals surface area contributed by atoms with Gasteiger partial charge in [0.25, 0.3) is 5.91 Å². The molecular formula is C14H19ClN2O. The first-order chi connectivity index (χ1) is 8.66. The minimum Gasteiger partial charge on any atom is -0.348 e. The van der Waals surface area contributed by atoms with Gasteiger partial charge in [-0.15, -0.1) is 11.6 Å². The summed E-state index contributed by atoms with van der Waals surface area (Å²) in [7, 11) is 0. The number of nitrogens with one attached hydrogen (secondary N) is 1. The van der Waals surface area contributed by atoms with Gasteiger partial charge in [-0.1, -0.05) is 19.3 Å². The van der Waals surface area contributed by atoms with Crippen molar-refractivity contribution in [1.82, 2.24) is 10.3 Å². The number of hydrogen-bond acceptors (Lipinski definition) is 2. The molecule has 0 saturated heterocycles. The Kier molecular flexibility index (Phi) is 4.59. The minimum absolute atomic E-state index is 0.0502. The lowest BCUT2D eigenvalue weighted by molar-refractivity contribution is 0.0933. The van der Waals surface area contributed by atoms with Gasteiger partial charge in [-0.2, -0.15) is 0 Å². The van der Waals surface area contributed by atoms with E-state index in [1.807, 2.05) is 13.0 Å². The predicted octanol–water partition coefficient (Wildman–Crippen LogP) is 3.06. The van der Waals surface area contributed by atoms with Crippen LogP contribution < -0.4 is 5.32 Å². The summed E-state index contributed by atoms with van der Waals surface area (Å²) in [4.78, 5) is 16.2. The highest BCUT2D eigenvalue weighted by Gasteiger charge is 2.23. The standard InChI is InChI=1S/C14H19ClN2O/c1-10-7-11(9-16-8-10)14(18)17-13-6-4-2-3-5-12(13)15/h7-9,12-13H,2-6H2,1H3,(H,17,18). The first kappa shape index (κ1) is 13.3.